The van der Waals surface area contributed by atoms with E-state index in [1.807, 2.05) is 0 Å². The summed E-state index contributed by atoms with van der Waals surface area (Å²) < 4.78 is 0. The van der Waals surface area contributed by atoms with Crippen molar-refractivity contribution in [3.8, 4) is 0 Å². The van der Waals surface area contributed by atoms with Gasteiger partial charge in [0.2, 0.25) is 0 Å². The van der Waals surface area contributed by atoms with Gasteiger partial charge >= 0.3 is 0 Å². The van der Waals surface area contributed by atoms with E-state index in [1.54, 1.807) is 19.3 Å². The largest absolute Gasteiger partial charge is 0.314 e. The van der Waals surface area contributed by atoms with Gasteiger partial charge in [0.1, 0.15) is 0 Å². The molecule has 1 nitrogen and oxygen atoms in total. The van der Waals surface area contributed by atoms with Crippen molar-refractivity contribution in [2.24, 2.45) is 23.2 Å². The summed E-state index contributed by atoms with van der Waals surface area (Å²) in [5.41, 5.74) is 1.13. The molecule has 0 aromatic carbocycles. The van der Waals surface area contributed by atoms with Crippen LogP contribution in [0.15, 0.2) is 0 Å². The molecule has 4 rings (SSSR count). The SMILES string of the molecule is CCC1(CC)C2C[C@@H]3C[C@H](C2)CC1(NC)C3. The lowest BCUT2D eigenvalue weighted by molar-refractivity contribution is -0.144. The molecule has 4 atom stereocenters. The molecule has 4 bridgehead atoms. The Hall–Kier alpha value is -0.0400. The summed E-state index contributed by atoms with van der Waals surface area (Å²) in [6.45, 7) is 4.87. The molecule has 0 heterocycles. The number of rotatable bonds is 3. The van der Waals surface area contributed by atoms with Gasteiger partial charge in [-0.2, -0.15) is 0 Å². The summed E-state index contributed by atoms with van der Waals surface area (Å²) in [6, 6.07) is 0. The molecule has 0 spiro atoms. The van der Waals surface area contributed by atoms with E-state index in [9.17, 15) is 0 Å². The van der Waals surface area contributed by atoms with E-state index in [-0.39, 0.29) is 0 Å². The van der Waals surface area contributed by atoms with Crippen molar-refractivity contribution in [3.05, 3.63) is 0 Å². The maximum absolute atomic E-state index is 3.80. The van der Waals surface area contributed by atoms with Crippen molar-refractivity contribution in [2.45, 2.75) is 64.3 Å². The Labute approximate surface area is 100 Å². The molecule has 4 fully saturated rings. The van der Waals surface area contributed by atoms with Gasteiger partial charge in [0.25, 0.3) is 0 Å². The molecular formula is C15H27N. The Morgan fingerprint density at radius 3 is 2.00 bits per heavy atom. The third-order valence-corrected chi connectivity index (χ3v) is 6.65. The lowest BCUT2D eigenvalue weighted by Gasteiger charge is -2.68. The first kappa shape index (κ1) is 11.1. The maximum atomic E-state index is 3.80. The fourth-order valence-corrected chi connectivity index (χ4v) is 6.17. The van der Waals surface area contributed by atoms with Crippen molar-refractivity contribution >= 4 is 0 Å². The monoisotopic (exact) mass is 221 g/mol. The highest BCUT2D eigenvalue weighted by molar-refractivity contribution is 5.17. The first-order chi connectivity index (χ1) is 7.69. The van der Waals surface area contributed by atoms with Crippen molar-refractivity contribution in [1.29, 1.82) is 0 Å². The topological polar surface area (TPSA) is 12.0 Å². The molecular weight excluding hydrogens is 194 g/mol. The van der Waals surface area contributed by atoms with Crippen LogP contribution in [0.1, 0.15) is 58.8 Å². The van der Waals surface area contributed by atoms with Crippen molar-refractivity contribution in [3.63, 3.8) is 0 Å². The normalized spacial score (nSPS) is 48.6. The van der Waals surface area contributed by atoms with Crippen LogP contribution in [0.3, 0.4) is 0 Å². The highest BCUT2D eigenvalue weighted by Gasteiger charge is 2.62. The average molecular weight is 221 g/mol. The van der Waals surface area contributed by atoms with Crippen molar-refractivity contribution in [1.82, 2.24) is 5.32 Å². The van der Waals surface area contributed by atoms with Crippen LogP contribution in [-0.2, 0) is 0 Å². The molecule has 1 heteroatoms. The van der Waals surface area contributed by atoms with Gasteiger partial charge in [0.05, 0.1) is 0 Å². The molecule has 2 unspecified atom stereocenters. The van der Waals surface area contributed by atoms with Gasteiger partial charge in [-0.25, -0.2) is 0 Å². The van der Waals surface area contributed by atoms with E-state index in [1.165, 1.54) is 25.7 Å². The summed E-state index contributed by atoms with van der Waals surface area (Å²) in [5, 5.41) is 3.80. The van der Waals surface area contributed by atoms with Gasteiger partial charge in [0.15, 0.2) is 0 Å². The van der Waals surface area contributed by atoms with E-state index < -0.39 is 0 Å². The minimum absolute atomic E-state index is 0.505. The Morgan fingerprint density at radius 2 is 1.56 bits per heavy atom. The molecule has 4 aliphatic carbocycles. The van der Waals surface area contributed by atoms with Crippen molar-refractivity contribution in [2.75, 3.05) is 7.05 Å². The summed E-state index contributed by atoms with van der Waals surface area (Å²) >= 11 is 0. The maximum Gasteiger partial charge on any atom is 0.0242 e. The van der Waals surface area contributed by atoms with E-state index in [0.29, 0.717) is 11.0 Å². The molecule has 0 aliphatic heterocycles. The summed E-state index contributed by atoms with van der Waals surface area (Å²) in [6.07, 6.45) is 10.3. The highest BCUT2D eigenvalue weighted by Crippen LogP contribution is 2.66. The lowest BCUT2D eigenvalue weighted by Crippen LogP contribution is -2.69. The summed E-state index contributed by atoms with van der Waals surface area (Å²) in [4.78, 5) is 0. The van der Waals surface area contributed by atoms with Crippen LogP contribution in [0, 0.1) is 23.2 Å². The second-order valence-corrected chi connectivity index (χ2v) is 6.74. The van der Waals surface area contributed by atoms with E-state index in [4.69, 9.17) is 0 Å². The van der Waals surface area contributed by atoms with Gasteiger partial charge in [0, 0.05) is 5.54 Å². The van der Waals surface area contributed by atoms with E-state index >= 15 is 0 Å². The zero-order chi connectivity index (χ0) is 11.4. The van der Waals surface area contributed by atoms with Gasteiger partial charge in [-0.05, 0) is 75.2 Å². The number of hydrogen-bond acceptors (Lipinski definition) is 1. The molecule has 0 aromatic rings. The van der Waals surface area contributed by atoms with Crippen LogP contribution >= 0.6 is 0 Å². The molecule has 0 amide bonds. The quantitative estimate of drug-likeness (QED) is 0.768. The second kappa shape index (κ2) is 3.48. The fourth-order valence-electron chi connectivity index (χ4n) is 6.17. The van der Waals surface area contributed by atoms with Crippen molar-refractivity contribution < 1.29 is 0 Å². The summed E-state index contributed by atoms with van der Waals surface area (Å²) in [7, 11) is 2.23. The summed E-state index contributed by atoms with van der Waals surface area (Å²) in [5.74, 6) is 3.13. The molecule has 16 heavy (non-hydrogen) atoms. The van der Waals surface area contributed by atoms with Gasteiger partial charge in [-0.15, -0.1) is 0 Å². The second-order valence-electron chi connectivity index (χ2n) is 6.74. The third-order valence-electron chi connectivity index (χ3n) is 6.65. The molecule has 0 saturated heterocycles. The van der Waals surface area contributed by atoms with Crippen LogP contribution in [-0.4, -0.2) is 12.6 Å². The first-order valence-electron chi connectivity index (χ1n) is 7.38. The molecule has 4 aliphatic rings. The zero-order valence-electron chi connectivity index (χ0n) is 11.2. The third kappa shape index (κ3) is 1.11. The molecule has 92 valence electrons. The molecule has 0 aromatic heterocycles. The van der Waals surface area contributed by atoms with Crippen LogP contribution in [0.25, 0.3) is 0 Å². The van der Waals surface area contributed by atoms with E-state index in [0.717, 1.165) is 17.8 Å². The Bertz CT molecular complexity index is 265. The zero-order valence-corrected chi connectivity index (χ0v) is 11.2. The highest BCUT2D eigenvalue weighted by atomic mass is 15.0. The Balaban J connectivity index is 2.04. The Kier molecular flexibility index (Phi) is 2.41. The lowest BCUT2D eigenvalue weighted by atomic mass is 9.40. The molecule has 1 N–H and O–H groups in total. The van der Waals surface area contributed by atoms with Crippen LogP contribution in [0.4, 0.5) is 0 Å². The van der Waals surface area contributed by atoms with E-state index in [2.05, 4.69) is 26.2 Å². The fraction of sp³-hybridized carbons (Fsp3) is 1.00. The first-order valence-corrected chi connectivity index (χ1v) is 7.38. The standard InChI is InChI=1S/C15H27N/c1-4-14(5-2)13-7-11-6-12(8-13)10-15(14,9-11)16-3/h11-13,16H,4-10H2,1-3H3/t11-,12+,13?,15?. The smallest absolute Gasteiger partial charge is 0.0242 e. The number of nitrogens with one attached hydrogen (secondary N) is 1. The molecule has 4 saturated carbocycles. The van der Waals surface area contributed by atoms with Gasteiger partial charge in [-0.1, -0.05) is 13.8 Å². The van der Waals surface area contributed by atoms with Gasteiger partial charge in [-0.3, -0.25) is 0 Å². The van der Waals surface area contributed by atoms with Crippen LogP contribution < -0.4 is 5.32 Å². The predicted octanol–water partition coefficient (Wildman–Crippen LogP) is 3.59. The minimum atomic E-state index is 0.505. The predicted molar refractivity (Wildman–Crippen MR) is 68.4 cm³/mol. The minimum Gasteiger partial charge on any atom is -0.314 e. The van der Waals surface area contributed by atoms with Crippen LogP contribution in [0.2, 0.25) is 0 Å². The average Bonchev–Trinajstić information content (AvgIpc) is 2.29. The number of hydrogen-bond donors (Lipinski definition) is 1. The van der Waals surface area contributed by atoms with Gasteiger partial charge < -0.3 is 5.32 Å². The Morgan fingerprint density at radius 1 is 1.00 bits per heavy atom. The van der Waals surface area contributed by atoms with Crippen LogP contribution in [0.5, 0.6) is 0 Å². The molecule has 0 radical (unpaired) electrons.